The van der Waals surface area contributed by atoms with Crippen molar-refractivity contribution in [3.63, 3.8) is 0 Å². The van der Waals surface area contributed by atoms with Crippen molar-refractivity contribution in [1.29, 1.82) is 0 Å². The lowest BCUT2D eigenvalue weighted by Gasteiger charge is -2.12. The van der Waals surface area contributed by atoms with Gasteiger partial charge in [-0.2, -0.15) is 0 Å². The molecule has 1 aliphatic rings. The van der Waals surface area contributed by atoms with Crippen LogP contribution in [0.1, 0.15) is 33.6 Å². The number of nitrogens with one attached hydrogen (secondary N) is 1. The molecule has 1 fully saturated rings. The van der Waals surface area contributed by atoms with Crippen LogP contribution in [0.15, 0.2) is 89.0 Å². The topological polar surface area (TPSA) is 63.6 Å². The zero-order valence-corrected chi connectivity index (χ0v) is 23.1. The van der Waals surface area contributed by atoms with Crippen molar-refractivity contribution in [2.75, 3.05) is 0 Å². The van der Waals surface area contributed by atoms with E-state index in [2.05, 4.69) is 25.8 Å². The molecule has 1 N–H and O–H groups in total. The van der Waals surface area contributed by atoms with Crippen LogP contribution in [-0.2, 0) is 17.9 Å². The predicted molar refractivity (Wildman–Crippen MR) is 152 cm³/mol. The third-order valence-corrected chi connectivity index (χ3v) is 7.14. The SMILES string of the molecule is Cc1ccc(CN2C(=O)N/C(=C/c3cc(C)n(-c4ccc(OCc5ccc(Br)cc5)cc4)c3C)C2=O)cc1. The second-order valence-electron chi connectivity index (χ2n) is 9.44. The highest BCUT2D eigenvalue weighted by Crippen LogP contribution is 2.26. The number of rotatable bonds is 7. The lowest BCUT2D eigenvalue weighted by atomic mass is 10.1. The molecular formula is C31H28BrN3O3. The van der Waals surface area contributed by atoms with E-state index in [0.29, 0.717) is 6.61 Å². The molecular weight excluding hydrogens is 542 g/mol. The molecule has 0 bridgehead atoms. The Morgan fingerprint density at radius 2 is 1.53 bits per heavy atom. The Balaban J connectivity index is 1.31. The number of benzene rings is 3. The number of hydrogen-bond donors (Lipinski definition) is 1. The fourth-order valence-electron chi connectivity index (χ4n) is 4.52. The van der Waals surface area contributed by atoms with E-state index in [1.165, 1.54) is 4.90 Å². The molecule has 0 unspecified atom stereocenters. The van der Waals surface area contributed by atoms with Crippen molar-refractivity contribution < 1.29 is 14.3 Å². The number of urea groups is 1. The fourth-order valence-corrected chi connectivity index (χ4v) is 4.78. The second kappa shape index (κ2) is 10.7. The molecule has 192 valence electrons. The van der Waals surface area contributed by atoms with Crippen molar-refractivity contribution in [2.24, 2.45) is 0 Å². The summed E-state index contributed by atoms with van der Waals surface area (Å²) in [5.74, 6) is 0.460. The Bertz CT molecular complexity index is 1520. The van der Waals surface area contributed by atoms with Crippen LogP contribution in [0, 0.1) is 20.8 Å². The number of hydrogen-bond acceptors (Lipinski definition) is 3. The van der Waals surface area contributed by atoms with Crippen molar-refractivity contribution in [1.82, 2.24) is 14.8 Å². The Morgan fingerprint density at radius 1 is 0.868 bits per heavy atom. The number of halogens is 1. The van der Waals surface area contributed by atoms with Gasteiger partial charge in [0.2, 0.25) is 0 Å². The monoisotopic (exact) mass is 569 g/mol. The number of imide groups is 1. The van der Waals surface area contributed by atoms with Crippen LogP contribution in [0.25, 0.3) is 11.8 Å². The first kappa shape index (κ1) is 25.5. The van der Waals surface area contributed by atoms with Crippen LogP contribution in [0.5, 0.6) is 5.75 Å². The predicted octanol–water partition coefficient (Wildman–Crippen LogP) is 6.84. The average Bonchev–Trinajstić information content (AvgIpc) is 3.34. The maximum absolute atomic E-state index is 13.0. The smallest absolute Gasteiger partial charge is 0.329 e. The van der Waals surface area contributed by atoms with Gasteiger partial charge in [-0.25, -0.2) is 4.79 Å². The minimum Gasteiger partial charge on any atom is -0.489 e. The third-order valence-electron chi connectivity index (χ3n) is 6.61. The molecule has 0 atom stereocenters. The fraction of sp³-hybridized carbons (Fsp3) is 0.161. The summed E-state index contributed by atoms with van der Waals surface area (Å²) in [4.78, 5) is 26.8. The summed E-state index contributed by atoms with van der Waals surface area (Å²) in [6.45, 7) is 6.75. The highest BCUT2D eigenvalue weighted by Gasteiger charge is 2.33. The highest BCUT2D eigenvalue weighted by atomic mass is 79.9. The minimum absolute atomic E-state index is 0.234. The van der Waals surface area contributed by atoms with E-state index < -0.39 is 6.03 Å². The van der Waals surface area contributed by atoms with Gasteiger partial charge in [-0.15, -0.1) is 0 Å². The number of carbonyl (C=O) groups excluding carboxylic acids is 2. The molecule has 1 aromatic heterocycles. The molecule has 1 saturated heterocycles. The lowest BCUT2D eigenvalue weighted by Crippen LogP contribution is -2.30. The van der Waals surface area contributed by atoms with Crippen LogP contribution < -0.4 is 10.1 Å². The molecule has 4 aromatic rings. The minimum atomic E-state index is -0.408. The standard InChI is InChI=1S/C31H28BrN3O3/c1-20-4-6-23(7-5-20)18-34-30(36)29(33-31(34)37)17-25-16-21(2)35(22(25)3)27-12-14-28(15-13-27)38-19-24-8-10-26(32)11-9-24/h4-17H,18-19H2,1-3H3,(H,33,37)/b29-17+. The number of carbonyl (C=O) groups is 2. The normalized spacial score (nSPS) is 14.3. The third kappa shape index (κ3) is 5.43. The summed E-state index contributed by atoms with van der Waals surface area (Å²) in [6, 6.07) is 25.4. The quantitative estimate of drug-likeness (QED) is 0.196. The van der Waals surface area contributed by atoms with Gasteiger partial charge in [0.05, 0.1) is 6.54 Å². The van der Waals surface area contributed by atoms with Gasteiger partial charge in [0.25, 0.3) is 5.91 Å². The number of aromatic nitrogens is 1. The molecule has 38 heavy (non-hydrogen) atoms. The molecule has 0 spiro atoms. The van der Waals surface area contributed by atoms with E-state index in [9.17, 15) is 9.59 Å². The summed E-state index contributed by atoms with van der Waals surface area (Å²) >= 11 is 3.45. The van der Waals surface area contributed by atoms with Crippen LogP contribution in [0.4, 0.5) is 4.79 Å². The van der Waals surface area contributed by atoms with E-state index in [-0.39, 0.29) is 18.1 Å². The molecule has 0 saturated carbocycles. The van der Waals surface area contributed by atoms with E-state index in [1.54, 1.807) is 6.08 Å². The number of ether oxygens (including phenoxy) is 1. The molecule has 3 amide bonds. The maximum atomic E-state index is 13.0. The van der Waals surface area contributed by atoms with E-state index in [4.69, 9.17) is 4.74 Å². The molecule has 3 aromatic carbocycles. The van der Waals surface area contributed by atoms with Crippen LogP contribution >= 0.6 is 15.9 Å². The molecule has 2 heterocycles. The molecule has 5 rings (SSSR count). The lowest BCUT2D eigenvalue weighted by molar-refractivity contribution is -0.123. The summed E-state index contributed by atoms with van der Waals surface area (Å²) in [5.41, 5.74) is 7.26. The van der Waals surface area contributed by atoms with Gasteiger partial charge in [-0.05, 0) is 86.0 Å². The van der Waals surface area contributed by atoms with E-state index in [1.807, 2.05) is 99.6 Å². The van der Waals surface area contributed by atoms with Gasteiger partial charge in [-0.3, -0.25) is 9.69 Å². The van der Waals surface area contributed by atoms with Gasteiger partial charge in [0.15, 0.2) is 0 Å². The molecule has 7 heteroatoms. The molecule has 1 aliphatic heterocycles. The Labute approximate surface area is 230 Å². The van der Waals surface area contributed by atoms with Crippen molar-refractivity contribution >= 4 is 33.9 Å². The van der Waals surface area contributed by atoms with Crippen molar-refractivity contribution in [3.05, 3.63) is 123 Å². The van der Waals surface area contributed by atoms with Gasteiger partial charge in [0.1, 0.15) is 18.1 Å². The largest absolute Gasteiger partial charge is 0.489 e. The Morgan fingerprint density at radius 3 is 2.21 bits per heavy atom. The van der Waals surface area contributed by atoms with E-state index in [0.717, 1.165) is 49.6 Å². The van der Waals surface area contributed by atoms with Crippen molar-refractivity contribution in [2.45, 2.75) is 33.9 Å². The summed E-state index contributed by atoms with van der Waals surface area (Å²) in [5, 5.41) is 2.74. The van der Waals surface area contributed by atoms with Crippen LogP contribution in [-0.4, -0.2) is 21.4 Å². The van der Waals surface area contributed by atoms with E-state index >= 15 is 0 Å². The van der Waals surface area contributed by atoms with Gasteiger partial charge < -0.3 is 14.6 Å². The number of aryl methyl sites for hydroxylation is 2. The molecule has 0 aliphatic carbocycles. The second-order valence-corrected chi connectivity index (χ2v) is 10.4. The maximum Gasteiger partial charge on any atom is 0.329 e. The van der Waals surface area contributed by atoms with Gasteiger partial charge in [-0.1, -0.05) is 57.9 Å². The van der Waals surface area contributed by atoms with Gasteiger partial charge >= 0.3 is 6.03 Å². The Hall–Kier alpha value is -4.10. The molecule has 0 radical (unpaired) electrons. The number of nitrogens with zero attached hydrogens (tertiary/aromatic N) is 2. The van der Waals surface area contributed by atoms with Crippen LogP contribution in [0.2, 0.25) is 0 Å². The number of amides is 3. The van der Waals surface area contributed by atoms with Gasteiger partial charge in [0, 0.05) is 21.5 Å². The first-order valence-electron chi connectivity index (χ1n) is 12.4. The van der Waals surface area contributed by atoms with Crippen LogP contribution in [0.3, 0.4) is 0 Å². The summed E-state index contributed by atoms with van der Waals surface area (Å²) in [7, 11) is 0. The zero-order valence-electron chi connectivity index (χ0n) is 21.5. The zero-order chi connectivity index (χ0) is 26.8. The molecule has 6 nitrogen and oxygen atoms in total. The Kier molecular flexibility index (Phi) is 7.20. The summed E-state index contributed by atoms with van der Waals surface area (Å²) in [6.07, 6.45) is 1.75. The average molecular weight is 570 g/mol. The first-order valence-corrected chi connectivity index (χ1v) is 13.1. The van der Waals surface area contributed by atoms with Crippen molar-refractivity contribution in [3.8, 4) is 11.4 Å². The highest BCUT2D eigenvalue weighted by molar-refractivity contribution is 9.10. The summed E-state index contributed by atoms with van der Waals surface area (Å²) < 4.78 is 9.10. The first-order chi connectivity index (χ1) is 18.3.